The molecule has 164 valence electrons. The van der Waals surface area contributed by atoms with Crippen molar-refractivity contribution in [3.8, 4) is 6.07 Å². The number of rotatable bonds is 7. The first kappa shape index (κ1) is 24.0. The van der Waals surface area contributed by atoms with E-state index in [0.717, 1.165) is 12.1 Å². The topological polar surface area (TPSA) is 128 Å². The van der Waals surface area contributed by atoms with Gasteiger partial charge in [0.1, 0.15) is 11.9 Å². The maximum absolute atomic E-state index is 13.0. The van der Waals surface area contributed by atoms with E-state index in [1.807, 2.05) is 6.07 Å². The van der Waals surface area contributed by atoms with E-state index >= 15 is 0 Å². The number of carbonyl (C=O) groups is 2. The molecule has 0 heterocycles. The minimum absolute atomic E-state index is 0.0265. The van der Waals surface area contributed by atoms with Crippen molar-refractivity contribution in [1.82, 2.24) is 10.0 Å². The second-order valence-electron chi connectivity index (χ2n) is 7.76. The van der Waals surface area contributed by atoms with E-state index in [2.05, 4.69) is 15.4 Å². The third-order valence-corrected chi connectivity index (χ3v) is 5.67. The molecule has 0 aliphatic rings. The van der Waals surface area contributed by atoms with Gasteiger partial charge in [-0.25, -0.2) is 17.5 Å². The summed E-state index contributed by atoms with van der Waals surface area (Å²) >= 11 is 0. The van der Waals surface area contributed by atoms with Crippen LogP contribution in [0, 0.1) is 17.1 Å². The second kappa shape index (κ2) is 9.68. The first-order chi connectivity index (χ1) is 14.4. The highest BCUT2D eigenvalue weighted by molar-refractivity contribution is 7.89. The Hall–Kier alpha value is -3.29. The molecule has 1 atom stereocenters. The third kappa shape index (κ3) is 7.16. The maximum atomic E-state index is 13.0. The fourth-order valence-corrected chi connectivity index (χ4v) is 3.97. The predicted octanol–water partition coefficient (Wildman–Crippen LogP) is 2.55. The molecule has 3 N–H and O–H groups in total. The molecule has 0 radical (unpaired) electrons. The lowest BCUT2D eigenvalue weighted by molar-refractivity contribution is -0.117. The molecule has 0 aromatic heterocycles. The van der Waals surface area contributed by atoms with Crippen molar-refractivity contribution in [1.29, 1.82) is 5.26 Å². The summed E-state index contributed by atoms with van der Waals surface area (Å²) in [5.74, 6) is -1.79. The van der Waals surface area contributed by atoms with Crippen LogP contribution in [-0.2, 0) is 14.8 Å². The lowest BCUT2D eigenvalue weighted by atomic mass is 10.1. The molecule has 0 bridgehead atoms. The van der Waals surface area contributed by atoms with Crippen LogP contribution < -0.4 is 15.4 Å². The van der Waals surface area contributed by atoms with Gasteiger partial charge in [-0.2, -0.15) is 5.26 Å². The van der Waals surface area contributed by atoms with Gasteiger partial charge in [-0.3, -0.25) is 9.59 Å². The monoisotopic (exact) mass is 446 g/mol. The van der Waals surface area contributed by atoms with Crippen molar-refractivity contribution in [3.63, 3.8) is 0 Å². The van der Waals surface area contributed by atoms with Gasteiger partial charge in [-0.05, 0) is 69.3 Å². The van der Waals surface area contributed by atoms with Gasteiger partial charge in [0, 0.05) is 16.8 Å². The quantitative estimate of drug-likeness (QED) is 0.602. The summed E-state index contributed by atoms with van der Waals surface area (Å²) in [6.07, 6.45) is -0.291. The first-order valence-electron chi connectivity index (χ1n) is 9.29. The number of anilines is 1. The van der Waals surface area contributed by atoms with Crippen molar-refractivity contribution < 1.29 is 22.4 Å². The van der Waals surface area contributed by atoms with Crippen molar-refractivity contribution >= 4 is 27.5 Å². The molecule has 10 heteroatoms. The molecule has 31 heavy (non-hydrogen) atoms. The minimum atomic E-state index is -3.73. The molecule has 2 amide bonds. The Kier molecular flexibility index (Phi) is 7.49. The normalized spacial score (nSPS) is 12.5. The molecule has 0 fully saturated rings. The van der Waals surface area contributed by atoms with E-state index < -0.39 is 39.2 Å². The molecule has 0 aliphatic carbocycles. The minimum Gasteiger partial charge on any atom is -0.339 e. The summed E-state index contributed by atoms with van der Waals surface area (Å²) in [6, 6.07) is 10.9. The molecule has 0 unspecified atom stereocenters. The highest BCUT2D eigenvalue weighted by Crippen LogP contribution is 2.17. The van der Waals surface area contributed by atoms with E-state index in [4.69, 9.17) is 5.26 Å². The number of sulfonamides is 1. The van der Waals surface area contributed by atoms with Crippen molar-refractivity contribution in [2.24, 2.45) is 0 Å². The molecule has 0 saturated heterocycles. The fourth-order valence-electron chi connectivity index (χ4n) is 2.55. The van der Waals surface area contributed by atoms with Crippen LogP contribution in [0.5, 0.6) is 0 Å². The zero-order chi connectivity index (χ0) is 23.2. The lowest BCUT2D eigenvalue weighted by Gasteiger charge is -2.20. The third-order valence-electron chi connectivity index (χ3n) is 3.90. The predicted molar refractivity (Wildman–Crippen MR) is 113 cm³/mol. The van der Waals surface area contributed by atoms with Crippen LogP contribution in [0.3, 0.4) is 0 Å². The van der Waals surface area contributed by atoms with Crippen molar-refractivity contribution in [3.05, 3.63) is 59.9 Å². The van der Waals surface area contributed by atoms with Crippen molar-refractivity contribution in [2.75, 3.05) is 5.32 Å². The number of carbonyl (C=O) groups excluding carboxylic acids is 2. The molecule has 2 aromatic carbocycles. The Morgan fingerprint density at radius 1 is 1.06 bits per heavy atom. The van der Waals surface area contributed by atoms with E-state index in [1.165, 1.54) is 36.4 Å². The van der Waals surface area contributed by atoms with E-state index in [9.17, 15) is 22.4 Å². The molecular weight excluding hydrogens is 423 g/mol. The van der Waals surface area contributed by atoms with E-state index in [1.54, 1.807) is 20.8 Å². The first-order valence-corrected chi connectivity index (χ1v) is 10.8. The number of halogens is 1. The number of amides is 2. The van der Waals surface area contributed by atoms with Gasteiger partial charge < -0.3 is 10.6 Å². The van der Waals surface area contributed by atoms with Gasteiger partial charge in [-0.15, -0.1) is 0 Å². The number of benzene rings is 2. The largest absolute Gasteiger partial charge is 0.339 e. The van der Waals surface area contributed by atoms with Gasteiger partial charge in [-0.1, -0.05) is 0 Å². The smallest absolute Gasteiger partial charge is 0.251 e. The lowest BCUT2D eigenvalue weighted by Crippen LogP contribution is -2.43. The number of nitriles is 1. The van der Waals surface area contributed by atoms with Gasteiger partial charge in [0.2, 0.25) is 15.9 Å². The van der Waals surface area contributed by atoms with Crippen LogP contribution in [0.1, 0.15) is 37.6 Å². The Morgan fingerprint density at radius 3 is 2.16 bits per heavy atom. The average molecular weight is 447 g/mol. The Balaban J connectivity index is 2.09. The van der Waals surface area contributed by atoms with Crippen LogP contribution in [0.25, 0.3) is 0 Å². The summed E-state index contributed by atoms with van der Waals surface area (Å²) < 4.78 is 40.2. The molecule has 2 rings (SSSR count). The van der Waals surface area contributed by atoms with Gasteiger partial charge >= 0.3 is 0 Å². The molecule has 8 nitrogen and oxygen atoms in total. The SMILES string of the molecule is CC(C)(C)NS(=O)(=O)c1ccc(NC(=O)[C@H](CC#N)NC(=O)c2ccc(F)cc2)cc1. The molecular formula is C21H23FN4O4S. The van der Waals surface area contributed by atoms with E-state index in [-0.39, 0.29) is 16.9 Å². The van der Waals surface area contributed by atoms with Crippen LogP contribution in [0.15, 0.2) is 53.4 Å². The number of hydrogen-bond donors (Lipinski definition) is 3. The molecule has 0 spiro atoms. The summed E-state index contributed by atoms with van der Waals surface area (Å²) in [7, 11) is -3.73. The van der Waals surface area contributed by atoms with Gasteiger partial charge in [0.15, 0.2) is 0 Å². The van der Waals surface area contributed by atoms with Gasteiger partial charge in [0.05, 0.1) is 17.4 Å². The van der Waals surface area contributed by atoms with Gasteiger partial charge in [0.25, 0.3) is 5.91 Å². The Morgan fingerprint density at radius 2 is 1.65 bits per heavy atom. The average Bonchev–Trinajstić information content (AvgIpc) is 2.66. The van der Waals surface area contributed by atoms with Crippen molar-refractivity contribution in [2.45, 2.75) is 43.7 Å². The summed E-state index contributed by atoms with van der Waals surface area (Å²) in [4.78, 5) is 24.8. The van der Waals surface area contributed by atoms with Crippen LogP contribution in [0.2, 0.25) is 0 Å². The summed E-state index contributed by atoms with van der Waals surface area (Å²) in [6.45, 7) is 5.15. The zero-order valence-corrected chi connectivity index (χ0v) is 18.1. The van der Waals surface area contributed by atoms with Crippen LogP contribution in [0.4, 0.5) is 10.1 Å². The molecule has 0 aliphatic heterocycles. The Labute approximate surface area is 180 Å². The van der Waals surface area contributed by atoms with Crippen LogP contribution in [-0.4, -0.2) is 31.8 Å². The highest BCUT2D eigenvalue weighted by atomic mass is 32.2. The number of hydrogen-bond acceptors (Lipinski definition) is 5. The standard InChI is InChI=1S/C21H23FN4O4S/c1-21(2,3)26-31(29,30)17-10-8-16(9-11-17)24-20(28)18(12-13-23)25-19(27)14-4-6-15(22)7-5-14/h4-11,18,26H,12H2,1-3H3,(H,24,28)(H,25,27)/t18-/m0/s1. The fraction of sp³-hybridized carbons (Fsp3) is 0.286. The number of nitrogens with zero attached hydrogens (tertiary/aromatic N) is 1. The highest BCUT2D eigenvalue weighted by Gasteiger charge is 2.23. The second-order valence-corrected chi connectivity index (χ2v) is 9.45. The van der Waals surface area contributed by atoms with Crippen LogP contribution >= 0.6 is 0 Å². The molecule has 0 saturated carbocycles. The summed E-state index contributed by atoms with van der Waals surface area (Å²) in [5.41, 5.74) is -0.226. The Bertz CT molecular complexity index is 1090. The molecule has 2 aromatic rings. The number of nitrogens with one attached hydrogen (secondary N) is 3. The zero-order valence-electron chi connectivity index (χ0n) is 17.3. The maximum Gasteiger partial charge on any atom is 0.251 e. The summed E-state index contributed by atoms with van der Waals surface area (Å²) in [5, 5.41) is 14.0. The van der Waals surface area contributed by atoms with E-state index in [0.29, 0.717) is 5.69 Å².